The molecule has 0 unspecified atom stereocenters. The number of nitrogens with two attached hydrogens (primary N) is 1. The maximum atomic E-state index is 11.3. The van der Waals surface area contributed by atoms with E-state index in [1.165, 1.54) is 0 Å². The van der Waals surface area contributed by atoms with Gasteiger partial charge in [-0.05, 0) is 25.6 Å². The monoisotopic (exact) mass is 265 g/mol. The molecule has 0 heterocycles. The molecule has 0 fully saturated rings. The van der Waals surface area contributed by atoms with Crippen molar-refractivity contribution in [3.8, 4) is 5.75 Å². The topological polar surface area (TPSA) is 84.7 Å². The molecule has 0 spiro atoms. The Morgan fingerprint density at radius 2 is 2.05 bits per heavy atom. The molecule has 104 valence electrons. The van der Waals surface area contributed by atoms with Crippen molar-refractivity contribution in [2.45, 2.75) is 6.92 Å². The van der Waals surface area contributed by atoms with E-state index in [-0.39, 0.29) is 6.54 Å². The van der Waals surface area contributed by atoms with Crippen molar-refractivity contribution in [2.24, 2.45) is 5.73 Å². The summed E-state index contributed by atoms with van der Waals surface area (Å²) in [6.07, 6.45) is 0. The van der Waals surface area contributed by atoms with Gasteiger partial charge in [0.05, 0.1) is 6.54 Å². The molecule has 0 aromatic heterocycles. The van der Waals surface area contributed by atoms with E-state index in [9.17, 15) is 9.59 Å². The predicted octanol–water partition coefficient (Wildman–Crippen LogP) is 0.501. The van der Waals surface area contributed by atoms with Gasteiger partial charge in [0.15, 0.2) is 0 Å². The summed E-state index contributed by atoms with van der Waals surface area (Å²) >= 11 is 0. The first-order valence-corrected chi connectivity index (χ1v) is 5.95. The minimum atomic E-state index is -0.838. The van der Waals surface area contributed by atoms with E-state index in [1.54, 1.807) is 11.9 Å². The van der Waals surface area contributed by atoms with Crippen LogP contribution in [-0.4, -0.2) is 43.6 Å². The maximum Gasteiger partial charge on any atom is 0.318 e. The second-order valence-corrected chi connectivity index (χ2v) is 4.26. The van der Waals surface area contributed by atoms with E-state index in [1.807, 2.05) is 36.5 Å². The summed E-state index contributed by atoms with van der Waals surface area (Å²) in [6.45, 7) is 3.10. The third-order valence-corrected chi connectivity index (χ3v) is 2.50. The van der Waals surface area contributed by atoms with Crippen molar-refractivity contribution >= 4 is 11.9 Å². The van der Waals surface area contributed by atoms with Crippen LogP contribution in [0.4, 0.5) is 4.79 Å². The van der Waals surface area contributed by atoms with Crippen LogP contribution in [0.2, 0.25) is 0 Å². The fraction of sp³-hybridized carbons (Fsp3) is 0.385. The molecule has 0 radical (unpaired) electrons. The highest BCUT2D eigenvalue weighted by Crippen LogP contribution is 2.15. The van der Waals surface area contributed by atoms with Crippen molar-refractivity contribution in [2.75, 3.05) is 26.7 Å². The van der Waals surface area contributed by atoms with Crippen LogP contribution in [0, 0.1) is 6.92 Å². The number of amides is 3. The molecule has 1 aromatic carbocycles. The smallest absolute Gasteiger partial charge is 0.318 e. The van der Waals surface area contributed by atoms with Crippen LogP contribution in [-0.2, 0) is 4.79 Å². The highest BCUT2D eigenvalue weighted by atomic mass is 16.5. The van der Waals surface area contributed by atoms with Crippen molar-refractivity contribution in [1.29, 1.82) is 0 Å². The zero-order valence-electron chi connectivity index (χ0n) is 11.2. The molecule has 0 saturated heterocycles. The Morgan fingerprint density at radius 1 is 1.37 bits per heavy atom. The van der Waals surface area contributed by atoms with E-state index in [2.05, 4.69) is 0 Å². The van der Waals surface area contributed by atoms with Gasteiger partial charge in [0.25, 0.3) is 0 Å². The van der Waals surface area contributed by atoms with E-state index in [4.69, 9.17) is 10.5 Å². The zero-order valence-corrected chi connectivity index (χ0v) is 11.2. The lowest BCUT2D eigenvalue weighted by Gasteiger charge is -2.16. The quantitative estimate of drug-likeness (QED) is 0.784. The number of para-hydroxylation sites is 1. The average Bonchev–Trinajstić information content (AvgIpc) is 2.30. The summed E-state index contributed by atoms with van der Waals surface area (Å²) in [6, 6.07) is 6.89. The standard InChI is InChI=1S/C13H19N3O3/c1-10-5-3-4-6-11(10)19-8-7-16(2)9-12(17)15-13(14)18/h3-6H,7-9H2,1-2H3,(H3,14,15,17,18). The number of ether oxygens (including phenoxy) is 1. The predicted molar refractivity (Wildman–Crippen MR) is 71.9 cm³/mol. The highest BCUT2D eigenvalue weighted by molar-refractivity contribution is 5.94. The van der Waals surface area contributed by atoms with Gasteiger partial charge in [0.2, 0.25) is 5.91 Å². The fourth-order valence-corrected chi connectivity index (χ4v) is 1.53. The van der Waals surface area contributed by atoms with Gasteiger partial charge in [0, 0.05) is 6.54 Å². The van der Waals surface area contributed by atoms with E-state index < -0.39 is 11.9 Å². The number of carbonyl (C=O) groups excluding carboxylic acids is 2. The number of imide groups is 1. The molecule has 0 bridgehead atoms. The lowest BCUT2D eigenvalue weighted by Crippen LogP contribution is -2.42. The van der Waals surface area contributed by atoms with Crippen LogP contribution in [0.3, 0.4) is 0 Å². The second-order valence-electron chi connectivity index (χ2n) is 4.26. The molecule has 0 aliphatic rings. The highest BCUT2D eigenvalue weighted by Gasteiger charge is 2.08. The molecule has 1 rings (SSSR count). The van der Waals surface area contributed by atoms with Gasteiger partial charge in [0.1, 0.15) is 12.4 Å². The number of nitrogens with zero attached hydrogens (tertiary/aromatic N) is 1. The number of hydrogen-bond donors (Lipinski definition) is 2. The van der Waals surface area contributed by atoms with Crippen molar-refractivity contribution in [3.63, 3.8) is 0 Å². The molecule has 0 saturated carbocycles. The van der Waals surface area contributed by atoms with Crippen LogP contribution in [0.1, 0.15) is 5.56 Å². The molecule has 0 atom stereocenters. The lowest BCUT2D eigenvalue weighted by atomic mass is 10.2. The van der Waals surface area contributed by atoms with Gasteiger partial charge in [-0.1, -0.05) is 18.2 Å². The minimum absolute atomic E-state index is 0.0973. The zero-order chi connectivity index (χ0) is 14.3. The largest absolute Gasteiger partial charge is 0.492 e. The second kappa shape index (κ2) is 7.38. The van der Waals surface area contributed by atoms with Gasteiger partial charge in [-0.25, -0.2) is 4.79 Å². The normalized spacial score (nSPS) is 10.3. The Hall–Kier alpha value is -2.08. The first-order valence-electron chi connectivity index (χ1n) is 5.95. The van der Waals surface area contributed by atoms with E-state index >= 15 is 0 Å². The molecule has 19 heavy (non-hydrogen) atoms. The number of benzene rings is 1. The number of carbonyl (C=O) groups is 2. The summed E-state index contributed by atoms with van der Waals surface area (Å²) in [7, 11) is 1.77. The lowest BCUT2D eigenvalue weighted by molar-refractivity contribution is -0.120. The van der Waals surface area contributed by atoms with Crippen LogP contribution in [0.15, 0.2) is 24.3 Å². The molecule has 6 heteroatoms. The van der Waals surface area contributed by atoms with Gasteiger partial charge < -0.3 is 10.5 Å². The number of urea groups is 1. The summed E-state index contributed by atoms with van der Waals surface area (Å²) in [5.74, 6) is 0.406. The third-order valence-electron chi connectivity index (χ3n) is 2.50. The summed E-state index contributed by atoms with van der Waals surface area (Å²) in [4.78, 5) is 23.5. The number of nitrogens with one attached hydrogen (secondary N) is 1. The number of hydrogen-bond acceptors (Lipinski definition) is 4. The fourth-order valence-electron chi connectivity index (χ4n) is 1.53. The Bertz CT molecular complexity index is 449. The van der Waals surface area contributed by atoms with E-state index in [0.29, 0.717) is 13.2 Å². The van der Waals surface area contributed by atoms with Crippen LogP contribution < -0.4 is 15.8 Å². The number of aryl methyl sites for hydroxylation is 1. The SMILES string of the molecule is Cc1ccccc1OCCN(C)CC(=O)NC(N)=O. The number of likely N-dealkylation sites (N-methyl/N-ethyl adjacent to an activating group) is 1. The van der Waals surface area contributed by atoms with Crippen molar-refractivity contribution < 1.29 is 14.3 Å². The molecule has 3 N–H and O–H groups in total. The molecular weight excluding hydrogens is 246 g/mol. The van der Waals surface area contributed by atoms with Crippen LogP contribution in [0.5, 0.6) is 5.75 Å². The Morgan fingerprint density at radius 3 is 2.68 bits per heavy atom. The third kappa shape index (κ3) is 5.87. The Balaban J connectivity index is 2.27. The average molecular weight is 265 g/mol. The Labute approximate surface area is 112 Å². The Kier molecular flexibility index (Phi) is 5.81. The minimum Gasteiger partial charge on any atom is -0.492 e. The molecular formula is C13H19N3O3. The molecule has 1 aromatic rings. The first kappa shape index (κ1) is 15.0. The van der Waals surface area contributed by atoms with Gasteiger partial charge in [-0.2, -0.15) is 0 Å². The molecule has 0 aliphatic carbocycles. The number of rotatable bonds is 6. The van der Waals surface area contributed by atoms with Gasteiger partial charge >= 0.3 is 6.03 Å². The maximum absolute atomic E-state index is 11.3. The van der Waals surface area contributed by atoms with Gasteiger partial charge in [-0.15, -0.1) is 0 Å². The van der Waals surface area contributed by atoms with Crippen molar-refractivity contribution in [1.82, 2.24) is 10.2 Å². The molecule has 6 nitrogen and oxygen atoms in total. The van der Waals surface area contributed by atoms with Crippen LogP contribution in [0.25, 0.3) is 0 Å². The number of primary amides is 1. The van der Waals surface area contributed by atoms with E-state index in [0.717, 1.165) is 11.3 Å². The molecule has 3 amide bonds. The summed E-state index contributed by atoms with van der Waals surface area (Å²) in [5, 5.41) is 2.01. The van der Waals surface area contributed by atoms with Crippen molar-refractivity contribution in [3.05, 3.63) is 29.8 Å². The van der Waals surface area contributed by atoms with Crippen LogP contribution >= 0.6 is 0 Å². The first-order chi connectivity index (χ1) is 8.99. The summed E-state index contributed by atoms with van der Waals surface area (Å²) < 4.78 is 5.61. The summed E-state index contributed by atoms with van der Waals surface area (Å²) in [5.41, 5.74) is 5.91. The van der Waals surface area contributed by atoms with Gasteiger partial charge in [-0.3, -0.25) is 15.0 Å². The molecule has 0 aliphatic heterocycles.